The van der Waals surface area contributed by atoms with Gasteiger partial charge in [0.05, 0.1) is 6.54 Å². The van der Waals surface area contributed by atoms with E-state index in [-0.39, 0.29) is 42.0 Å². The predicted octanol–water partition coefficient (Wildman–Crippen LogP) is 2.51. The molecule has 0 unspecified atom stereocenters. The van der Waals surface area contributed by atoms with Gasteiger partial charge in [-0.3, -0.25) is 9.59 Å². The van der Waals surface area contributed by atoms with Crippen LogP contribution in [0.5, 0.6) is 0 Å². The van der Waals surface area contributed by atoms with Crippen molar-refractivity contribution in [3.8, 4) is 0 Å². The van der Waals surface area contributed by atoms with Crippen LogP contribution < -0.4 is 5.32 Å². The van der Waals surface area contributed by atoms with Gasteiger partial charge in [-0.2, -0.15) is 0 Å². The number of hydrogen-bond donors (Lipinski definition) is 1. The number of nitrogens with zero attached hydrogens (tertiary/aromatic N) is 2. The maximum Gasteiger partial charge on any atom is 0.273 e. The molecule has 0 aliphatic heterocycles. The average Bonchev–Trinajstić information content (AvgIpc) is 3.53. The third kappa shape index (κ3) is 3.70. The summed E-state index contributed by atoms with van der Waals surface area (Å²) >= 11 is 0. The van der Waals surface area contributed by atoms with Crippen LogP contribution in [0, 0.1) is 5.82 Å². The first-order valence-electron chi connectivity index (χ1n) is 8.42. The molecule has 0 saturated heterocycles. The highest BCUT2D eigenvalue weighted by Gasteiger charge is 2.34. The van der Waals surface area contributed by atoms with E-state index in [1.165, 1.54) is 30.5 Å². The van der Waals surface area contributed by atoms with Crippen LogP contribution in [0.2, 0.25) is 0 Å². The van der Waals surface area contributed by atoms with E-state index in [9.17, 15) is 14.0 Å². The van der Waals surface area contributed by atoms with Gasteiger partial charge in [0.2, 0.25) is 5.89 Å². The van der Waals surface area contributed by atoms with E-state index in [2.05, 4.69) is 10.3 Å². The number of nitrogens with one attached hydrogen (secondary N) is 1. The maximum absolute atomic E-state index is 13.1. The summed E-state index contributed by atoms with van der Waals surface area (Å²) < 4.78 is 18.4. The fourth-order valence-corrected chi connectivity index (χ4v) is 2.63. The lowest BCUT2D eigenvalue weighted by Crippen LogP contribution is -2.32. The Morgan fingerprint density at radius 2 is 1.92 bits per heavy atom. The third-order valence-electron chi connectivity index (χ3n) is 4.34. The van der Waals surface area contributed by atoms with E-state index < -0.39 is 0 Å². The molecular formula is C18H18FN3O3. The maximum atomic E-state index is 13.1. The van der Waals surface area contributed by atoms with Crippen LogP contribution in [0.4, 0.5) is 4.39 Å². The van der Waals surface area contributed by atoms with Crippen molar-refractivity contribution in [1.82, 2.24) is 15.2 Å². The van der Waals surface area contributed by atoms with Gasteiger partial charge in [0.15, 0.2) is 5.69 Å². The highest BCUT2D eigenvalue weighted by Crippen LogP contribution is 2.30. The van der Waals surface area contributed by atoms with Crippen LogP contribution >= 0.6 is 0 Å². The van der Waals surface area contributed by atoms with E-state index in [1.807, 2.05) is 0 Å². The SMILES string of the molecule is O=C(NC1CC1)c1coc(CN(C(=O)c2ccc(F)cc2)C2CC2)n1. The van der Waals surface area contributed by atoms with Gasteiger partial charge >= 0.3 is 0 Å². The molecule has 2 fully saturated rings. The first-order valence-corrected chi connectivity index (χ1v) is 8.42. The first kappa shape index (κ1) is 15.8. The number of carbonyl (C=O) groups excluding carboxylic acids is 2. The van der Waals surface area contributed by atoms with Crippen molar-refractivity contribution in [2.24, 2.45) is 0 Å². The summed E-state index contributed by atoms with van der Waals surface area (Å²) in [6, 6.07) is 5.85. The van der Waals surface area contributed by atoms with Gasteiger partial charge in [0, 0.05) is 17.6 Å². The third-order valence-corrected chi connectivity index (χ3v) is 4.34. The van der Waals surface area contributed by atoms with Crippen molar-refractivity contribution in [2.45, 2.75) is 44.3 Å². The van der Waals surface area contributed by atoms with Crippen LogP contribution in [0.25, 0.3) is 0 Å². The van der Waals surface area contributed by atoms with Gasteiger partial charge in [-0.15, -0.1) is 0 Å². The standard InChI is InChI=1S/C18H18FN3O3/c19-12-3-1-11(2-4-12)18(24)22(14-7-8-14)9-16-21-15(10-25-16)17(23)20-13-5-6-13/h1-4,10,13-14H,5-9H2,(H,20,23). The number of carbonyl (C=O) groups is 2. The average molecular weight is 343 g/mol. The van der Waals surface area contributed by atoms with Crippen LogP contribution in [-0.4, -0.2) is 33.8 Å². The molecule has 1 heterocycles. The second-order valence-corrected chi connectivity index (χ2v) is 6.55. The summed E-state index contributed by atoms with van der Waals surface area (Å²) in [5.41, 5.74) is 0.651. The molecule has 2 aliphatic carbocycles. The number of oxazole rings is 1. The Morgan fingerprint density at radius 3 is 2.56 bits per heavy atom. The number of amides is 2. The van der Waals surface area contributed by atoms with Crippen molar-refractivity contribution < 1.29 is 18.4 Å². The van der Waals surface area contributed by atoms with Gasteiger partial charge in [-0.05, 0) is 49.9 Å². The van der Waals surface area contributed by atoms with Crippen molar-refractivity contribution in [3.05, 3.63) is 53.5 Å². The summed E-state index contributed by atoms with van der Waals surface area (Å²) in [5.74, 6) is -0.498. The fourth-order valence-electron chi connectivity index (χ4n) is 2.63. The Bertz CT molecular complexity index is 794. The number of rotatable bonds is 6. The Labute approximate surface area is 144 Å². The zero-order valence-electron chi connectivity index (χ0n) is 13.6. The molecule has 1 N–H and O–H groups in total. The molecule has 0 radical (unpaired) electrons. The Kier molecular flexibility index (Phi) is 3.99. The van der Waals surface area contributed by atoms with Crippen LogP contribution in [0.3, 0.4) is 0 Å². The van der Waals surface area contributed by atoms with Crippen molar-refractivity contribution in [3.63, 3.8) is 0 Å². The molecule has 7 heteroatoms. The Balaban J connectivity index is 1.46. The van der Waals surface area contributed by atoms with Gasteiger partial charge in [-0.25, -0.2) is 9.37 Å². The summed E-state index contributed by atoms with van der Waals surface area (Å²) in [7, 11) is 0. The zero-order chi connectivity index (χ0) is 17.4. The number of benzene rings is 1. The largest absolute Gasteiger partial charge is 0.446 e. The van der Waals surface area contributed by atoms with E-state index >= 15 is 0 Å². The first-order chi connectivity index (χ1) is 12.1. The minimum atomic E-state index is -0.381. The molecule has 2 aliphatic rings. The Morgan fingerprint density at radius 1 is 1.20 bits per heavy atom. The Hall–Kier alpha value is -2.70. The summed E-state index contributed by atoms with van der Waals surface area (Å²) in [6.45, 7) is 0.192. The molecule has 2 aromatic rings. The summed E-state index contributed by atoms with van der Waals surface area (Å²) in [4.78, 5) is 30.5. The summed E-state index contributed by atoms with van der Waals surface area (Å²) in [6.07, 6.45) is 5.15. The van der Waals surface area contributed by atoms with Crippen LogP contribution in [-0.2, 0) is 6.54 Å². The van der Waals surface area contributed by atoms with Crippen LogP contribution in [0.1, 0.15) is 52.4 Å². The molecular weight excluding hydrogens is 325 g/mol. The molecule has 6 nitrogen and oxygen atoms in total. The van der Waals surface area contributed by atoms with Crippen molar-refractivity contribution in [1.29, 1.82) is 0 Å². The number of halogens is 1. The molecule has 2 saturated carbocycles. The lowest BCUT2D eigenvalue weighted by Gasteiger charge is -2.20. The molecule has 0 spiro atoms. The smallest absolute Gasteiger partial charge is 0.273 e. The predicted molar refractivity (Wildman–Crippen MR) is 86.3 cm³/mol. The van der Waals surface area contributed by atoms with E-state index in [0.717, 1.165) is 25.7 Å². The van der Waals surface area contributed by atoms with Gasteiger partial charge in [0.1, 0.15) is 12.1 Å². The molecule has 2 amide bonds. The zero-order valence-corrected chi connectivity index (χ0v) is 13.6. The van der Waals surface area contributed by atoms with E-state index in [1.54, 1.807) is 4.90 Å². The lowest BCUT2D eigenvalue weighted by atomic mass is 10.2. The molecule has 130 valence electrons. The quantitative estimate of drug-likeness (QED) is 0.874. The molecule has 4 rings (SSSR count). The lowest BCUT2D eigenvalue weighted by molar-refractivity contribution is 0.0714. The van der Waals surface area contributed by atoms with E-state index in [4.69, 9.17) is 4.42 Å². The van der Waals surface area contributed by atoms with Crippen LogP contribution in [0.15, 0.2) is 34.9 Å². The molecule has 0 bridgehead atoms. The van der Waals surface area contributed by atoms with Gasteiger partial charge < -0.3 is 14.6 Å². The molecule has 0 atom stereocenters. The monoisotopic (exact) mass is 343 g/mol. The molecule has 25 heavy (non-hydrogen) atoms. The highest BCUT2D eigenvalue weighted by molar-refractivity contribution is 5.94. The molecule has 1 aromatic heterocycles. The van der Waals surface area contributed by atoms with E-state index in [0.29, 0.717) is 11.5 Å². The van der Waals surface area contributed by atoms with Gasteiger partial charge in [0.25, 0.3) is 11.8 Å². The van der Waals surface area contributed by atoms with Crippen molar-refractivity contribution in [2.75, 3.05) is 0 Å². The highest BCUT2D eigenvalue weighted by atomic mass is 19.1. The minimum Gasteiger partial charge on any atom is -0.446 e. The summed E-state index contributed by atoms with van der Waals surface area (Å²) in [5, 5.41) is 2.85. The molecule has 1 aromatic carbocycles. The fraction of sp³-hybridized carbons (Fsp3) is 0.389. The normalized spacial score (nSPS) is 16.5. The number of aromatic nitrogens is 1. The van der Waals surface area contributed by atoms with Gasteiger partial charge in [-0.1, -0.05) is 0 Å². The minimum absolute atomic E-state index is 0.133. The topological polar surface area (TPSA) is 75.4 Å². The second-order valence-electron chi connectivity index (χ2n) is 6.55. The number of hydrogen-bond acceptors (Lipinski definition) is 4. The van der Waals surface area contributed by atoms with Crippen molar-refractivity contribution >= 4 is 11.8 Å². The second kappa shape index (κ2) is 6.31.